The summed E-state index contributed by atoms with van der Waals surface area (Å²) in [6.45, 7) is 7.28. The van der Waals surface area contributed by atoms with Crippen LogP contribution in [0.5, 0.6) is 0 Å². The van der Waals surface area contributed by atoms with E-state index < -0.39 is 0 Å². The number of hydrogen-bond donors (Lipinski definition) is 1. The number of aromatic nitrogens is 2. The van der Waals surface area contributed by atoms with E-state index in [1.54, 1.807) is 0 Å². The van der Waals surface area contributed by atoms with Gasteiger partial charge >= 0.3 is 0 Å². The topological polar surface area (TPSA) is 44.3 Å². The van der Waals surface area contributed by atoms with Crippen LogP contribution < -0.4 is 10.2 Å². The normalized spacial score (nSPS) is 17.2. The fourth-order valence-electron chi connectivity index (χ4n) is 1.86. The van der Waals surface area contributed by atoms with Crippen molar-refractivity contribution in [2.75, 3.05) is 50.0 Å². The second-order valence-corrected chi connectivity index (χ2v) is 4.46. The number of rotatable bonds is 4. The molecule has 0 unspecified atom stereocenters. The van der Waals surface area contributed by atoms with E-state index in [0.717, 1.165) is 50.9 Å². The molecule has 0 spiro atoms. The van der Waals surface area contributed by atoms with Crippen LogP contribution in [0.15, 0.2) is 12.3 Å². The van der Waals surface area contributed by atoms with E-state index in [2.05, 4.69) is 39.1 Å². The number of anilines is 2. The molecule has 2 rings (SSSR count). The first-order chi connectivity index (χ1) is 8.29. The molecular formula is C12H21N5. The van der Waals surface area contributed by atoms with Crippen molar-refractivity contribution in [2.24, 2.45) is 0 Å². The lowest BCUT2D eigenvalue weighted by atomic mass is 10.3. The Morgan fingerprint density at radius 1 is 1.29 bits per heavy atom. The van der Waals surface area contributed by atoms with E-state index >= 15 is 0 Å². The quantitative estimate of drug-likeness (QED) is 0.845. The highest BCUT2D eigenvalue weighted by atomic mass is 15.3. The highest BCUT2D eigenvalue weighted by Crippen LogP contribution is 2.12. The molecule has 5 nitrogen and oxygen atoms in total. The van der Waals surface area contributed by atoms with Gasteiger partial charge in [0, 0.05) is 38.9 Å². The maximum atomic E-state index is 4.54. The van der Waals surface area contributed by atoms with Gasteiger partial charge in [0.15, 0.2) is 0 Å². The van der Waals surface area contributed by atoms with Crippen LogP contribution >= 0.6 is 0 Å². The van der Waals surface area contributed by atoms with E-state index in [1.165, 1.54) is 0 Å². The Kier molecular flexibility index (Phi) is 4.14. The summed E-state index contributed by atoms with van der Waals surface area (Å²) in [4.78, 5) is 13.5. The summed E-state index contributed by atoms with van der Waals surface area (Å²) in [5.41, 5.74) is 0. The minimum absolute atomic E-state index is 0.846. The number of nitrogens with zero attached hydrogens (tertiary/aromatic N) is 4. The second kappa shape index (κ2) is 5.82. The molecule has 1 N–H and O–H groups in total. The molecular weight excluding hydrogens is 214 g/mol. The van der Waals surface area contributed by atoms with Crippen LogP contribution in [-0.2, 0) is 0 Å². The Morgan fingerprint density at radius 2 is 2.06 bits per heavy atom. The molecule has 1 aromatic rings. The average molecular weight is 235 g/mol. The van der Waals surface area contributed by atoms with Crippen molar-refractivity contribution < 1.29 is 0 Å². The van der Waals surface area contributed by atoms with Gasteiger partial charge in [-0.05, 0) is 19.5 Å². The highest BCUT2D eigenvalue weighted by Gasteiger charge is 2.16. The van der Waals surface area contributed by atoms with E-state index in [0.29, 0.717) is 0 Å². The van der Waals surface area contributed by atoms with Crippen molar-refractivity contribution in [3.8, 4) is 0 Å². The zero-order valence-corrected chi connectivity index (χ0v) is 10.7. The Morgan fingerprint density at radius 3 is 2.76 bits per heavy atom. The predicted molar refractivity (Wildman–Crippen MR) is 70.5 cm³/mol. The summed E-state index contributed by atoms with van der Waals surface area (Å²) in [6, 6.07) is 1.93. The SMILES string of the molecule is CCCNc1ccnc(N2CCN(C)CC2)n1. The molecule has 0 saturated carbocycles. The third kappa shape index (κ3) is 3.30. The Hall–Kier alpha value is -1.36. The first-order valence-electron chi connectivity index (χ1n) is 6.30. The van der Waals surface area contributed by atoms with E-state index in [9.17, 15) is 0 Å². The molecule has 1 saturated heterocycles. The first kappa shape index (κ1) is 12.1. The maximum absolute atomic E-state index is 4.54. The van der Waals surface area contributed by atoms with Gasteiger partial charge in [-0.2, -0.15) is 4.98 Å². The standard InChI is InChI=1S/C12H21N5/c1-3-5-13-11-4-6-14-12(15-11)17-9-7-16(2)8-10-17/h4,6H,3,5,7-10H2,1-2H3,(H,13,14,15). The molecule has 1 aliphatic rings. The number of piperazine rings is 1. The van der Waals surface area contributed by atoms with Crippen LogP contribution in [0.2, 0.25) is 0 Å². The molecule has 0 bridgehead atoms. The molecule has 1 aromatic heterocycles. The lowest BCUT2D eigenvalue weighted by Crippen LogP contribution is -2.45. The lowest BCUT2D eigenvalue weighted by molar-refractivity contribution is 0.311. The van der Waals surface area contributed by atoms with Gasteiger partial charge in [0.05, 0.1) is 0 Å². The third-order valence-corrected chi connectivity index (χ3v) is 2.99. The maximum Gasteiger partial charge on any atom is 0.227 e. The largest absolute Gasteiger partial charge is 0.370 e. The predicted octanol–water partition coefficient (Wildman–Crippen LogP) is 1.05. The first-order valence-corrected chi connectivity index (χ1v) is 6.30. The Labute approximate surface area is 103 Å². The molecule has 0 radical (unpaired) electrons. The molecule has 0 atom stereocenters. The van der Waals surface area contributed by atoms with E-state index in [-0.39, 0.29) is 0 Å². The Bertz CT molecular complexity index is 347. The van der Waals surface area contributed by atoms with Crippen molar-refractivity contribution in [1.82, 2.24) is 14.9 Å². The van der Waals surface area contributed by atoms with Crippen LogP contribution in [0.1, 0.15) is 13.3 Å². The minimum Gasteiger partial charge on any atom is -0.370 e. The zero-order chi connectivity index (χ0) is 12.1. The summed E-state index contributed by atoms with van der Waals surface area (Å²) in [6.07, 6.45) is 2.94. The molecule has 0 aromatic carbocycles. The number of hydrogen-bond acceptors (Lipinski definition) is 5. The third-order valence-electron chi connectivity index (χ3n) is 2.99. The van der Waals surface area contributed by atoms with Crippen LogP contribution in [-0.4, -0.2) is 54.6 Å². The van der Waals surface area contributed by atoms with Crippen molar-refractivity contribution in [1.29, 1.82) is 0 Å². The summed E-state index contributed by atoms with van der Waals surface area (Å²) in [5, 5.41) is 3.29. The molecule has 0 aliphatic carbocycles. The molecule has 1 aliphatic heterocycles. The van der Waals surface area contributed by atoms with Crippen LogP contribution in [0, 0.1) is 0 Å². The average Bonchev–Trinajstić information content (AvgIpc) is 2.37. The number of likely N-dealkylation sites (N-methyl/N-ethyl adjacent to an activating group) is 1. The lowest BCUT2D eigenvalue weighted by Gasteiger charge is -2.32. The van der Waals surface area contributed by atoms with Crippen molar-refractivity contribution in [2.45, 2.75) is 13.3 Å². The molecule has 0 amide bonds. The van der Waals surface area contributed by atoms with Crippen LogP contribution in [0.25, 0.3) is 0 Å². The molecule has 94 valence electrons. The van der Waals surface area contributed by atoms with Crippen molar-refractivity contribution >= 4 is 11.8 Å². The molecule has 1 fully saturated rings. The van der Waals surface area contributed by atoms with Gasteiger partial charge in [0.25, 0.3) is 0 Å². The van der Waals surface area contributed by atoms with Crippen molar-refractivity contribution in [3.63, 3.8) is 0 Å². The zero-order valence-electron chi connectivity index (χ0n) is 10.7. The van der Waals surface area contributed by atoms with Crippen LogP contribution in [0.4, 0.5) is 11.8 Å². The van der Waals surface area contributed by atoms with E-state index in [1.807, 2.05) is 12.3 Å². The van der Waals surface area contributed by atoms with Gasteiger partial charge in [-0.15, -0.1) is 0 Å². The summed E-state index contributed by atoms with van der Waals surface area (Å²) in [7, 11) is 2.15. The second-order valence-electron chi connectivity index (χ2n) is 4.46. The van der Waals surface area contributed by atoms with Gasteiger partial charge < -0.3 is 15.1 Å². The van der Waals surface area contributed by atoms with Crippen LogP contribution in [0.3, 0.4) is 0 Å². The fourth-order valence-corrected chi connectivity index (χ4v) is 1.86. The Balaban J connectivity index is 2.00. The minimum atomic E-state index is 0.846. The molecule has 17 heavy (non-hydrogen) atoms. The van der Waals surface area contributed by atoms with Gasteiger partial charge in [0.1, 0.15) is 5.82 Å². The smallest absolute Gasteiger partial charge is 0.227 e. The summed E-state index contributed by atoms with van der Waals surface area (Å²) >= 11 is 0. The molecule has 5 heteroatoms. The highest BCUT2D eigenvalue weighted by molar-refractivity contribution is 5.41. The van der Waals surface area contributed by atoms with E-state index in [4.69, 9.17) is 0 Å². The number of nitrogens with one attached hydrogen (secondary N) is 1. The molecule has 2 heterocycles. The fraction of sp³-hybridized carbons (Fsp3) is 0.667. The van der Waals surface area contributed by atoms with Gasteiger partial charge in [-0.25, -0.2) is 4.98 Å². The summed E-state index contributed by atoms with van der Waals surface area (Å²) < 4.78 is 0. The van der Waals surface area contributed by atoms with Crippen molar-refractivity contribution in [3.05, 3.63) is 12.3 Å². The van der Waals surface area contributed by atoms with Gasteiger partial charge in [-0.3, -0.25) is 0 Å². The monoisotopic (exact) mass is 235 g/mol. The van der Waals surface area contributed by atoms with Gasteiger partial charge in [-0.1, -0.05) is 6.92 Å². The van der Waals surface area contributed by atoms with Gasteiger partial charge in [0.2, 0.25) is 5.95 Å². The summed E-state index contributed by atoms with van der Waals surface area (Å²) in [5.74, 6) is 1.77.